The predicted octanol–water partition coefficient (Wildman–Crippen LogP) is 4.77. The molecule has 0 aromatic heterocycles. The SMILES string of the molecule is O=C1Nc2cc(Cl)ccc2Oc2ccc(NS(=O)(=O)C3CCCCC3)cc21. The van der Waals surface area contributed by atoms with Crippen LogP contribution >= 0.6 is 11.6 Å². The minimum Gasteiger partial charge on any atom is -0.454 e. The molecule has 0 unspecified atom stereocenters. The fourth-order valence-electron chi connectivity index (χ4n) is 3.48. The molecule has 8 heteroatoms. The number of carbonyl (C=O) groups is 1. The van der Waals surface area contributed by atoms with Crippen molar-refractivity contribution in [3.63, 3.8) is 0 Å². The van der Waals surface area contributed by atoms with Crippen molar-refractivity contribution in [3.8, 4) is 11.5 Å². The highest BCUT2D eigenvalue weighted by Gasteiger charge is 2.28. The zero-order valence-corrected chi connectivity index (χ0v) is 16.1. The van der Waals surface area contributed by atoms with Crippen LogP contribution in [0.25, 0.3) is 0 Å². The summed E-state index contributed by atoms with van der Waals surface area (Å²) in [6.07, 6.45) is 4.26. The summed E-state index contributed by atoms with van der Waals surface area (Å²) in [4.78, 5) is 12.6. The van der Waals surface area contributed by atoms with Crippen molar-refractivity contribution in [2.24, 2.45) is 0 Å². The van der Waals surface area contributed by atoms with Crippen molar-refractivity contribution in [1.82, 2.24) is 0 Å². The van der Waals surface area contributed by atoms with Gasteiger partial charge in [-0.25, -0.2) is 8.42 Å². The second-order valence-corrected chi connectivity index (χ2v) is 9.21. The van der Waals surface area contributed by atoms with Crippen LogP contribution in [0.3, 0.4) is 0 Å². The van der Waals surface area contributed by atoms with Gasteiger partial charge in [0.05, 0.1) is 16.5 Å². The monoisotopic (exact) mass is 406 g/mol. The van der Waals surface area contributed by atoms with Gasteiger partial charge in [0.15, 0.2) is 5.75 Å². The van der Waals surface area contributed by atoms with Crippen LogP contribution in [0, 0.1) is 0 Å². The second-order valence-electron chi connectivity index (χ2n) is 6.81. The number of ether oxygens (including phenoxy) is 1. The predicted molar refractivity (Wildman–Crippen MR) is 105 cm³/mol. The Bertz CT molecular complexity index is 1000. The van der Waals surface area contributed by atoms with Crippen molar-refractivity contribution >= 4 is 38.9 Å². The van der Waals surface area contributed by atoms with Gasteiger partial charge in [-0.2, -0.15) is 0 Å². The Morgan fingerprint density at radius 1 is 1.04 bits per heavy atom. The van der Waals surface area contributed by atoms with E-state index in [9.17, 15) is 13.2 Å². The second kappa shape index (κ2) is 7.05. The lowest BCUT2D eigenvalue weighted by molar-refractivity contribution is 0.102. The fourth-order valence-corrected chi connectivity index (χ4v) is 5.23. The minimum absolute atomic E-state index is 0.256. The molecule has 1 amide bonds. The van der Waals surface area contributed by atoms with E-state index >= 15 is 0 Å². The molecule has 1 aliphatic carbocycles. The Hall–Kier alpha value is -2.25. The maximum atomic E-state index is 12.6. The van der Waals surface area contributed by atoms with Crippen LogP contribution in [0.2, 0.25) is 5.02 Å². The molecule has 1 heterocycles. The normalized spacial score (nSPS) is 17.1. The summed E-state index contributed by atoms with van der Waals surface area (Å²) in [5.74, 6) is 0.445. The van der Waals surface area contributed by atoms with Gasteiger partial charge < -0.3 is 10.1 Å². The number of fused-ring (bicyclic) bond motifs is 2. The fraction of sp³-hybridized carbons (Fsp3) is 0.316. The molecule has 142 valence electrons. The molecule has 0 spiro atoms. The molecule has 0 saturated heterocycles. The Balaban J connectivity index is 1.62. The Labute approximate surface area is 162 Å². The highest BCUT2D eigenvalue weighted by molar-refractivity contribution is 7.93. The first-order valence-corrected chi connectivity index (χ1v) is 10.8. The Morgan fingerprint density at radius 2 is 1.78 bits per heavy atom. The highest BCUT2D eigenvalue weighted by Crippen LogP contribution is 2.38. The average Bonchev–Trinajstić information content (AvgIpc) is 2.78. The van der Waals surface area contributed by atoms with E-state index in [0.29, 0.717) is 40.7 Å². The zero-order valence-electron chi connectivity index (χ0n) is 14.5. The number of halogens is 1. The molecule has 0 atom stereocenters. The highest BCUT2D eigenvalue weighted by atomic mass is 35.5. The van der Waals surface area contributed by atoms with Crippen molar-refractivity contribution < 1.29 is 17.9 Å². The van der Waals surface area contributed by atoms with Crippen LogP contribution in [-0.2, 0) is 10.0 Å². The van der Waals surface area contributed by atoms with Gasteiger partial charge in [0.2, 0.25) is 10.0 Å². The largest absolute Gasteiger partial charge is 0.454 e. The molecule has 0 radical (unpaired) electrons. The van der Waals surface area contributed by atoms with Gasteiger partial charge in [-0.15, -0.1) is 0 Å². The van der Waals surface area contributed by atoms with Crippen molar-refractivity contribution in [3.05, 3.63) is 47.0 Å². The van der Waals surface area contributed by atoms with Crippen molar-refractivity contribution in [1.29, 1.82) is 0 Å². The van der Waals surface area contributed by atoms with E-state index in [1.807, 2.05) is 0 Å². The Morgan fingerprint density at radius 3 is 2.56 bits per heavy atom. The zero-order chi connectivity index (χ0) is 19.0. The molecule has 1 fully saturated rings. The summed E-state index contributed by atoms with van der Waals surface area (Å²) in [5.41, 5.74) is 1.07. The van der Waals surface area contributed by atoms with E-state index in [-0.39, 0.29) is 16.7 Å². The standard InChI is InChI=1S/C19H19ClN2O4S/c20-12-6-8-18-16(10-12)21-19(23)15-11-13(7-9-17(15)26-18)22-27(24,25)14-4-2-1-3-5-14/h6-11,14,22H,1-5H2,(H,21,23). The van der Waals surface area contributed by atoms with Gasteiger partial charge in [0, 0.05) is 10.7 Å². The number of rotatable bonds is 3. The maximum Gasteiger partial charge on any atom is 0.259 e. The molecule has 1 saturated carbocycles. The third-order valence-corrected chi connectivity index (χ3v) is 6.99. The van der Waals surface area contributed by atoms with E-state index in [1.165, 1.54) is 6.07 Å². The number of benzene rings is 2. The third kappa shape index (κ3) is 3.75. The number of hydrogen-bond acceptors (Lipinski definition) is 4. The number of nitrogens with one attached hydrogen (secondary N) is 2. The first-order chi connectivity index (χ1) is 12.9. The molecule has 4 rings (SSSR count). The van der Waals surface area contributed by atoms with E-state index in [0.717, 1.165) is 19.3 Å². The molecule has 2 N–H and O–H groups in total. The van der Waals surface area contributed by atoms with Crippen LogP contribution in [0.15, 0.2) is 36.4 Å². The summed E-state index contributed by atoms with van der Waals surface area (Å²) < 4.78 is 33.7. The quantitative estimate of drug-likeness (QED) is 0.768. The summed E-state index contributed by atoms with van der Waals surface area (Å²) in [5, 5.41) is 2.84. The van der Waals surface area contributed by atoms with Gasteiger partial charge in [0.1, 0.15) is 5.75 Å². The molecular formula is C19H19ClN2O4S. The minimum atomic E-state index is -3.49. The number of amides is 1. The summed E-state index contributed by atoms with van der Waals surface area (Å²) in [6, 6.07) is 9.65. The molecule has 0 bridgehead atoms. The van der Waals surface area contributed by atoms with Crippen LogP contribution in [0.4, 0.5) is 11.4 Å². The summed E-state index contributed by atoms with van der Waals surface area (Å²) in [7, 11) is -3.49. The molecule has 2 aliphatic rings. The lowest BCUT2D eigenvalue weighted by Gasteiger charge is -2.22. The smallest absolute Gasteiger partial charge is 0.259 e. The molecule has 2 aromatic rings. The lowest BCUT2D eigenvalue weighted by atomic mass is 10.0. The van der Waals surface area contributed by atoms with Crippen molar-refractivity contribution in [2.45, 2.75) is 37.4 Å². The van der Waals surface area contributed by atoms with E-state index in [2.05, 4.69) is 10.0 Å². The summed E-state index contributed by atoms with van der Waals surface area (Å²) >= 11 is 5.98. The maximum absolute atomic E-state index is 12.6. The van der Waals surface area contributed by atoms with Gasteiger partial charge in [-0.05, 0) is 49.2 Å². The number of anilines is 2. The van der Waals surface area contributed by atoms with Gasteiger partial charge >= 0.3 is 0 Å². The lowest BCUT2D eigenvalue weighted by Crippen LogP contribution is -2.29. The van der Waals surface area contributed by atoms with Gasteiger partial charge in [0.25, 0.3) is 5.91 Å². The first kappa shape index (κ1) is 18.1. The molecule has 2 aromatic carbocycles. The molecular weight excluding hydrogens is 388 g/mol. The number of carbonyl (C=O) groups excluding carboxylic acids is 1. The topological polar surface area (TPSA) is 84.5 Å². The first-order valence-electron chi connectivity index (χ1n) is 8.87. The number of hydrogen-bond donors (Lipinski definition) is 2. The van der Waals surface area contributed by atoms with E-state index in [1.54, 1.807) is 30.3 Å². The Kier molecular flexibility index (Phi) is 4.74. The van der Waals surface area contributed by atoms with Gasteiger partial charge in [-0.1, -0.05) is 30.9 Å². The third-order valence-electron chi connectivity index (χ3n) is 4.89. The van der Waals surface area contributed by atoms with E-state index in [4.69, 9.17) is 16.3 Å². The molecule has 27 heavy (non-hydrogen) atoms. The molecule has 1 aliphatic heterocycles. The number of sulfonamides is 1. The average molecular weight is 407 g/mol. The summed E-state index contributed by atoms with van der Waals surface area (Å²) in [6.45, 7) is 0. The van der Waals surface area contributed by atoms with Crippen LogP contribution in [0.5, 0.6) is 11.5 Å². The van der Waals surface area contributed by atoms with E-state index < -0.39 is 10.0 Å². The van der Waals surface area contributed by atoms with Gasteiger partial charge in [-0.3, -0.25) is 9.52 Å². The van der Waals surface area contributed by atoms with Crippen LogP contribution in [-0.4, -0.2) is 19.6 Å². The molecule has 6 nitrogen and oxygen atoms in total. The van der Waals surface area contributed by atoms with Crippen LogP contribution in [0.1, 0.15) is 42.5 Å². The van der Waals surface area contributed by atoms with Crippen LogP contribution < -0.4 is 14.8 Å². The van der Waals surface area contributed by atoms with Crippen molar-refractivity contribution in [2.75, 3.05) is 10.0 Å².